The lowest BCUT2D eigenvalue weighted by atomic mass is 9.92. The summed E-state index contributed by atoms with van der Waals surface area (Å²) in [6.07, 6.45) is 3.32. The van der Waals surface area contributed by atoms with Gasteiger partial charge in [0.15, 0.2) is 0 Å². The molecule has 0 aliphatic heterocycles. The summed E-state index contributed by atoms with van der Waals surface area (Å²) in [6, 6.07) is 0. The lowest BCUT2D eigenvalue weighted by Crippen LogP contribution is -2.22. The SMILES string of the molecule is CCc1c2c(n(OC(C)=O)c1C)CCCC2=NO. The Morgan fingerprint density at radius 2 is 2.22 bits per heavy atom. The second-order valence-electron chi connectivity index (χ2n) is 4.52. The van der Waals surface area contributed by atoms with Crippen LogP contribution in [-0.4, -0.2) is 21.6 Å². The fourth-order valence-corrected chi connectivity index (χ4v) is 2.68. The van der Waals surface area contributed by atoms with Crippen LogP contribution in [0.3, 0.4) is 0 Å². The summed E-state index contributed by atoms with van der Waals surface area (Å²) in [5.41, 5.74) is 4.62. The smallest absolute Gasteiger partial charge is 0.329 e. The molecule has 1 aromatic heterocycles. The van der Waals surface area contributed by atoms with Crippen LogP contribution < -0.4 is 4.84 Å². The maximum Gasteiger partial charge on any atom is 0.329 e. The van der Waals surface area contributed by atoms with E-state index < -0.39 is 0 Å². The molecular formula is C13H18N2O3. The van der Waals surface area contributed by atoms with E-state index in [9.17, 15) is 4.79 Å². The zero-order valence-corrected chi connectivity index (χ0v) is 11.0. The van der Waals surface area contributed by atoms with Crippen molar-refractivity contribution in [2.45, 2.75) is 46.5 Å². The van der Waals surface area contributed by atoms with Crippen LogP contribution in [0.15, 0.2) is 5.16 Å². The highest BCUT2D eigenvalue weighted by Gasteiger charge is 2.27. The molecule has 1 aliphatic rings. The zero-order chi connectivity index (χ0) is 13.3. The molecule has 0 spiro atoms. The normalized spacial score (nSPS) is 16.7. The fraction of sp³-hybridized carbons (Fsp3) is 0.538. The third-order valence-electron chi connectivity index (χ3n) is 3.39. The Balaban J connectivity index is 2.63. The van der Waals surface area contributed by atoms with Crippen molar-refractivity contribution in [1.82, 2.24) is 4.73 Å². The number of fused-ring (bicyclic) bond motifs is 1. The van der Waals surface area contributed by atoms with Gasteiger partial charge in [-0.1, -0.05) is 12.1 Å². The average Bonchev–Trinajstić information content (AvgIpc) is 2.62. The standard InChI is InChI=1S/C13H18N2O3/c1-4-10-8(2)15(18-9(3)16)12-7-5-6-11(14-17)13(10)12/h17H,4-7H2,1-3H3. The fourth-order valence-electron chi connectivity index (χ4n) is 2.68. The molecule has 2 rings (SSSR count). The first-order valence-corrected chi connectivity index (χ1v) is 6.23. The van der Waals surface area contributed by atoms with Crippen molar-refractivity contribution in [2.24, 2.45) is 5.16 Å². The lowest BCUT2D eigenvalue weighted by Gasteiger charge is -2.16. The van der Waals surface area contributed by atoms with E-state index in [1.807, 2.05) is 13.8 Å². The highest BCUT2D eigenvalue weighted by Crippen LogP contribution is 2.30. The predicted molar refractivity (Wildman–Crippen MR) is 67.1 cm³/mol. The van der Waals surface area contributed by atoms with Gasteiger partial charge in [0.05, 0.1) is 17.1 Å². The van der Waals surface area contributed by atoms with Gasteiger partial charge in [-0.25, -0.2) is 4.79 Å². The molecular weight excluding hydrogens is 232 g/mol. The van der Waals surface area contributed by atoms with Crippen LogP contribution >= 0.6 is 0 Å². The van der Waals surface area contributed by atoms with Gasteiger partial charge in [0.1, 0.15) is 0 Å². The highest BCUT2D eigenvalue weighted by molar-refractivity contribution is 6.03. The third-order valence-corrected chi connectivity index (χ3v) is 3.39. The van der Waals surface area contributed by atoms with Crippen LogP contribution in [0, 0.1) is 6.92 Å². The molecule has 0 saturated carbocycles. The molecule has 0 aromatic carbocycles. The van der Waals surface area contributed by atoms with Crippen molar-refractivity contribution in [3.8, 4) is 0 Å². The first-order valence-electron chi connectivity index (χ1n) is 6.23. The van der Waals surface area contributed by atoms with Crippen molar-refractivity contribution >= 4 is 11.7 Å². The highest BCUT2D eigenvalue weighted by atomic mass is 16.7. The number of carbonyl (C=O) groups excluding carboxylic acids is 1. The lowest BCUT2D eigenvalue weighted by molar-refractivity contribution is -0.142. The van der Waals surface area contributed by atoms with Gasteiger partial charge < -0.3 is 10.0 Å². The summed E-state index contributed by atoms with van der Waals surface area (Å²) < 4.78 is 1.60. The van der Waals surface area contributed by atoms with Crippen LogP contribution in [0.2, 0.25) is 0 Å². The van der Waals surface area contributed by atoms with E-state index in [2.05, 4.69) is 5.16 Å². The largest absolute Gasteiger partial charge is 0.411 e. The van der Waals surface area contributed by atoms with Crippen molar-refractivity contribution in [2.75, 3.05) is 0 Å². The van der Waals surface area contributed by atoms with Gasteiger partial charge in [0.2, 0.25) is 0 Å². The summed E-state index contributed by atoms with van der Waals surface area (Å²) in [4.78, 5) is 16.4. The van der Waals surface area contributed by atoms with Crippen LogP contribution in [0.4, 0.5) is 0 Å². The van der Waals surface area contributed by atoms with Gasteiger partial charge in [-0.2, -0.15) is 4.73 Å². The quantitative estimate of drug-likeness (QED) is 0.643. The second-order valence-corrected chi connectivity index (χ2v) is 4.52. The van der Waals surface area contributed by atoms with E-state index in [0.717, 1.165) is 48.2 Å². The van der Waals surface area contributed by atoms with Gasteiger partial charge in [-0.05, 0) is 38.2 Å². The summed E-state index contributed by atoms with van der Waals surface area (Å²) in [5, 5.41) is 12.5. The Bertz CT molecular complexity index is 515. The van der Waals surface area contributed by atoms with Crippen LogP contribution in [-0.2, 0) is 17.6 Å². The molecule has 0 unspecified atom stereocenters. The maximum atomic E-state index is 11.2. The van der Waals surface area contributed by atoms with Crippen LogP contribution in [0.1, 0.15) is 49.2 Å². The van der Waals surface area contributed by atoms with Gasteiger partial charge in [-0.15, -0.1) is 0 Å². The van der Waals surface area contributed by atoms with Gasteiger partial charge in [0.25, 0.3) is 0 Å². The zero-order valence-electron chi connectivity index (χ0n) is 11.0. The summed E-state index contributed by atoms with van der Waals surface area (Å²) in [6.45, 7) is 5.36. The third kappa shape index (κ3) is 1.89. The number of oxime groups is 1. The second kappa shape index (κ2) is 4.84. The number of rotatable bonds is 2. The van der Waals surface area contributed by atoms with E-state index in [-0.39, 0.29) is 5.97 Å². The minimum absolute atomic E-state index is 0.341. The molecule has 0 radical (unpaired) electrons. The van der Waals surface area contributed by atoms with E-state index in [1.165, 1.54) is 6.92 Å². The Hall–Kier alpha value is -1.78. The topological polar surface area (TPSA) is 63.8 Å². The van der Waals surface area contributed by atoms with E-state index in [4.69, 9.17) is 10.0 Å². The van der Waals surface area contributed by atoms with Crippen LogP contribution in [0.5, 0.6) is 0 Å². The monoisotopic (exact) mass is 250 g/mol. The molecule has 0 atom stereocenters. The molecule has 0 saturated heterocycles. The maximum absolute atomic E-state index is 11.2. The first-order chi connectivity index (χ1) is 8.60. The molecule has 1 heterocycles. The minimum atomic E-state index is -0.341. The Labute approximate surface area is 106 Å². The summed E-state index contributed by atoms with van der Waals surface area (Å²) in [7, 11) is 0. The van der Waals surface area contributed by atoms with Crippen LogP contribution in [0.25, 0.3) is 0 Å². The number of hydrogen-bond donors (Lipinski definition) is 1. The minimum Gasteiger partial charge on any atom is -0.411 e. The molecule has 98 valence electrons. The van der Waals surface area contributed by atoms with Crippen molar-refractivity contribution in [3.05, 3.63) is 22.5 Å². The molecule has 1 N–H and O–H groups in total. The molecule has 0 amide bonds. The van der Waals surface area contributed by atoms with E-state index in [0.29, 0.717) is 5.71 Å². The van der Waals surface area contributed by atoms with E-state index >= 15 is 0 Å². The molecule has 5 nitrogen and oxygen atoms in total. The molecule has 5 heteroatoms. The van der Waals surface area contributed by atoms with Gasteiger partial charge in [-0.3, -0.25) is 0 Å². The number of carbonyl (C=O) groups is 1. The van der Waals surface area contributed by atoms with Crippen molar-refractivity contribution in [1.29, 1.82) is 0 Å². The number of hydrogen-bond acceptors (Lipinski definition) is 4. The first kappa shape index (κ1) is 12.7. The molecule has 18 heavy (non-hydrogen) atoms. The number of nitrogens with zero attached hydrogens (tertiary/aromatic N) is 2. The Morgan fingerprint density at radius 3 is 2.78 bits per heavy atom. The molecule has 0 fully saturated rings. The van der Waals surface area contributed by atoms with Crippen molar-refractivity contribution in [3.63, 3.8) is 0 Å². The Kier molecular flexibility index (Phi) is 3.41. The molecule has 1 aliphatic carbocycles. The average molecular weight is 250 g/mol. The van der Waals surface area contributed by atoms with E-state index in [1.54, 1.807) is 4.73 Å². The van der Waals surface area contributed by atoms with Crippen molar-refractivity contribution < 1.29 is 14.8 Å². The summed E-state index contributed by atoms with van der Waals surface area (Å²) in [5.74, 6) is -0.341. The predicted octanol–water partition coefficient (Wildman–Crippen LogP) is 1.85. The molecule has 0 bridgehead atoms. The Morgan fingerprint density at radius 1 is 1.50 bits per heavy atom. The molecule has 1 aromatic rings. The van der Waals surface area contributed by atoms with Gasteiger partial charge >= 0.3 is 5.97 Å². The summed E-state index contributed by atoms with van der Waals surface area (Å²) >= 11 is 0. The number of aromatic nitrogens is 1. The van der Waals surface area contributed by atoms with Gasteiger partial charge in [0, 0.05) is 12.5 Å².